The van der Waals surface area contributed by atoms with Gasteiger partial charge >= 0.3 is 0 Å². The van der Waals surface area contributed by atoms with Gasteiger partial charge in [0.05, 0.1) is 16.4 Å². The zero-order valence-electron chi connectivity index (χ0n) is 10.9. The summed E-state index contributed by atoms with van der Waals surface area (Å²) in [6.45, 7) is 10.5. The Morgan fingerprint density at radius 3 is 2.18 bits per heavy atom. The first-order valence-electron chi connectivity index (χ1n) is 5.71. The Hall–Kier alpha value is -1.28. The maximum atomic E-state index is 6.07. The third-order valence-corrected chi connectivity index (χ3v) is 3.75. The Labute approximate surface area is 107 Å². The van der Waals surface area contributed by atoms with E-state index in [1.807, 2.05) is 17.8 Å². The third-order valence-electron chi connectivity index (χ3n) is 3.38. The Balaban J connectivity index is 2.71. The maximum absolute atomic E-state index is 6.07. The van der Waals surface area contributed by atoms with E-state index in [9.17, 15) is 0 Å². The molecule has 90 valence electrons. The van der Waals surface area contributed by atoms with Crippen molar-refractivity contribution in [3.05, 3.63) is 45.2 Å². The molecule has 0 unspecified atom stereocenters. The molecule has 1 heterocycles. The molecule has 0 spiro atoms. The van der Waals surface area contributed by atoms with Crippen LogP contribution in [0.1, 0.15) is 27.9 Å². The lowest BCUT2D eigenvalue weighted by Crippen LogP contribution is -2.04. The predicted octanol–water partition coefficient (Wildman–Crippen LogP) is 4.07. The number of rotatable bonds is 1. The number of benzene rings is 1. The van der Waals surface area contributed by atoms with Gasteiger partial charge in [0.2, 0.25) is 0 Å². The van der Waals surface area contributed by atoms with Gasteiger partial charge in [-0.1, -0.05) is 17.7 Å². The summed E-state index contributed by atoms with van der Waals surface area (Å²) in [6, 6.07) is 2.20. The molecule has 0 radical (unpaired) electrons. The van der Waals surface area contributed by atoms with Crippen molar-refractivity contribution < 1.29 is 0 Å². The van der Waals surface area contributed by atoms with E-state index in [0.29, 0.717) is 5.02 Å². The van der Waals surface area contributed by atoms with Crippen LogP contribution in [0.4, 0.5) is 0 Å². The van der Waals surface area contributed by atoms with E-state index in [1.165, 1.54) is 22.3 Å². The topological polar surface area (TPSA) is 17.8 Å². The summed E-state index contributed by atoms with van der Waals surface area (Å²) in [5.74, 6) is 0. The molecule has 0 atom stereocenters. The number of hydrogen-bond acceptors (Lipinski definition) is 1. The monoisotopic (exact) mass is 248 g/mol. The largest absolute Gasteiger partial charge is 0.239 e. The molecule has 2 aromatic rings. The average Bonchev–Trinajstić information content (AvgIpc) is 2.56. The van der Waals surface area contributed by atoms with Crippen LogP contribution in [0.2, 0.25) is 5.02 Å². The predicted molar refractivity (Wildman–Crippen MR) is 72.3 cm³/mol. The highest BCUT2D eigenvalue weighted by molar-refractivity contribution is 6.31. The first kappa shape index (κ1) is 12.2. The van der Waals surface area contributed by atoms with Gasteiger partial charge in [-0.2, -0.15) is 5.10 Å². The smallest absolute Gasteiger partial charge is 0.0819 e. The first-order valence-corrected chi connectivity index (χ1v) is 6.09. The Bertz CT molecular complexity index is 563. The second-order valence-electron chi connectivity index (χ2n) is 4.62. The number of nitrogens with zero attached hydrogens (tertiary/aromatic N) is 2. The molecular formula is C14H17ClN2. The van der Waals surface area contributed by atoms with Crippen molar-refractivity contribution >= 4 is 11.6 Å². The molecule has 1 aromatic carbocycles. The summed E-state index contributed by atoms with van der Waals surface area (Å²) in [5.41, 5.74) is 7.13. The summed E-state index contributed by atoms with van der Waals surface area (Å²) in [4.78, 5) is 0. The van der Waals surface area contributed by atoms with Crippen LogP contribution in [-0.2, 0) is 0 Å². The zero-order valence-corrected chi connectivity index (χ0v) is 11.7. The van der Waals surface area contributed by atoms with Crippen LogP contribution in [-0.4, -0.2) is 9.78 Å². The van der Waals surface area contributed by atoms with E-state index in [2.05, 4.69) is 38.9 Å². The fraction of sp³-hybridized carbons (Fsp3) is 0.357. The van der Waals surface area contributed by atoms with E-state index in [1.54, 1.807) is 0 Å². The van der Waals surface area contributed by atoms with Crippen molar-refractivity contribution in [1.82, 2.24) is 9.78 Å². The van der Waals surface area contributed by atoms with Gasteiger partial charge in [0.15, 0.2) is 0 Å². The van der Waals surface area contributed by atoms with E-state index < -0.39 is 0 Å². The van der Waals surface area contributed by atoms with Crippen LogP contribution in [0, 0.1) is 34.6 Å². The van der Waals surface area contributed by atoms with Crippen molar-refractivity contribution in [3.63, 3.8) is 0 Å². The Kier molecular flexibility index (Phi) is 3.00. The van der Waals surface area contributed by atoms with E-state index in [-0.39, 0.29) is 0 Å². The number of aryl methyl sites for hydroxylation is 3. The van der Waals surface area contributed by atoms with E-state index >= 15 is 0 Å². The molecule has 0 aliphatic rings. The minimum Gasteiger partial charge on any atom is -0.239 e. The molecule has 1 aromatic heterocycles. The van der Waals surface area contributed by atoms with Crippen LogP contribution < -0.4 is 0 Å². The van der Waals surface area contributed by atoms with Crippen LogP contribution in [0.3, 0.4) is 0 Å². The van der Waals surface area contributed by atoms with Crippen molar-refractivity contribution in [3.8, 4) is 5.69 Å². The second-order valence-corrected chi connectivity index (χ2v) is 5.02. The number of aromatic nitrogens is 2. The standard InChI is InChI=1S/C14H17ClN2/c1-8-6-9(2)14(11(4)10(8)3)17-7-13(15)12(5)16-17/h6-7H,1-5H3. The summed E-state index contributed by atoms with van der Waals surface area (Å²) >= 11 is 6.07. The zero-order chi connectivity index (χ0) is 12.7. The van der Waals surface area contributed by atoms with Gasteiger partial charge in [-0.3, -0.25) is 0 Å². The lowest BCUT2D eigenvalue weighted by atomic mass is 9.98. The minimum atomic E-state index is 0.710. The molecule has 0 aliphatic heterocycles. The Morgan fingerprint density at radius 1 is 1.00 bits per heavy atom. The highest BCUT2D eigenvalue weighted by Crippen LogP contribution is 2.26. The van der Waals surface area contributed by atoms with Crippen LogP contribution in [0.25, 0.3) is 5.69 Å². The second kappa shape index (κ2) is 4.19. The minimum absolute atomic E-state index is 0.710. The molecule has 0 amide bonds. The van der Waals surface area contributed by atoms with Crippen LogP contribution in [0.15, 0.2) is 12.3 Å². The Morgan fingerprint density at radius 2 is 1.65 bits per heavy atom. The molecule has 0 saturated heterocycles. The SMILES string of the molecule is Cc1cc(C)c(-n2cc(Cl)c(C)n2)c(C)c1C. The molecule has 0 fully saturated rings. The quantitative estimate of drug-likeness (QED) is 0.744. The van der Waals surface area contributed by atoms with Crippen molar-refractivity contribution in [2.75, 3.05) is 0 Å². The van der Waals surface area contributed by atoms with Crippen LogP contribution in [0.5, 0.6) is 0 Å². The van der Waals surface area contributed by atoms with Gasteiger partial charge in [-0.15, -0.1) is 0 Å². The average molecular weight is 249 g/mol. The first-order chi connectivity index (χ1) is 7.91. The van der Waals surface area contributed by atoms with E-state index in [0.717, 1.165) is 11.4 Å². The molecule has 17 heavy (non-hydrogen) atoms. The molecule has 2 nitrogen and oxygen atoms in total. The summed E-state index contributed by atoms with van der Waals surface area (Å²) in [6.07, 6.45) is 1.88. The van der Waals surface area contributed by atoms with Gasteiger partial charge in [0.1, 0.15) is 0 Å². The van der Waals surface area contributed by atoms with Gasteiger partial charge in [0.25, 0.3) is 0 Å². The van der Waals surface area contributed by atoms with Crippen molar-refractivity contribution in [2.45, 2.75) is 34.6 Å². The fourth-order valence-corrected chi connectivity index (χ4v) is 2.31. The van der Waals surface area contributed by atoms with Crippen molar-refractivity contribution in [2.24, 2.45) is 0 Å². The summed E-state index contributed by atoms with van der Waals surface area (Å²) in [5, 5.41) is 5.17. The molecule has 3 heteroatoms. The molecule has 0 saturated carbocycles. The maximum Gasteiger partial charge on any atom is 0.0819 e. The number of halogens is 1. The summed E-state index contributed by atoms with van der Waals surface area (Å²) < 4.78 is 1.88. The lowest BCUT2D eigenvalue weighted by molar-refractivity contribution is 0.845. The third kappa shape index (κ3) is 1.98. The molecule has 2 rings (SSSR count). The fourth-order valence-electron chi connectivity index (χ4n) is 2.18. The summed E-state index contributed by atoms with van der Waals surface area (Å²) in [7, 11) is 0. The van der Waals surface area contributed by atoms with Crippen LogP contribution >= 0.6 is 11.6 Å². The van der Waals surface area contributed by atoms with Gasteiger partial charge in [-0.05, 0) is 56.9 Å². The number of hydrogen-bond donors (Lipinski definition) is 0. The van der Waals surface area contributed by atoms with Gasteiger partial charge in [-0.25, -0.2) is 4.68 Å². The highest BCUT2D eigenvalue weighted by atomic mass is 35.5. The van der Waals surface area contributed by atoms with Gasteiger partial charge in [0, 0.05) is 6.20 Å². The molecule has 0 aliphatic carbocycles. The molecule has 0 bridgehead atoms. The van der Waals surface area contributed by atoms with Gasteiger partial charge < -0.3 is 0 Å². The normalized spacial score (nSPS) is 10.9. The van der Waals surface area contributed by atoms with E-state index in [4.69, 9.17) is 11.6 Å². The van der Waals surface area contributed by atoms with Crippen molar-refractivity contribution in [1.29, 1.82) is 0 Å². The molecule has 0 N–H and O–H groups in total. The lowest BCUT2D eigenvalue weighted by Gasteiger charge is -2.14. The highest BCUT2D eigenvalue weighted by Gasteiger charge is 2.12. The molecular weight excluding hydrogens is 232 g/mol.